The van der Waals surface area contributed by atoms with Gasteiger partial charge in [-0.3, -0.25) is 4.79 Å². The number of hydrogen-bond donors (Lipinski definition) is 1. The van der Waals surface area contributed by atoms with E-state index in [1.165, 1.54) is 5.56 Å². The van der Waals surface area contributed by atoms with Crippen molar-refractivity contribution in [3.63, 3.8) is 0 Å². The number of piperidine rings is 1. The third-order valence-electron chi connectivity index (χ3n) is 5.17. The fourth-order valence-electron chi connectivity index (χ4n) is 3.34. The van der Waals surface area contributed by atoms with Crippen LogP contribution < -0.4 is 9.47 Å². The number of aliphatic hydroxyl groups is 1. The van der Waals surface area contributed by atoms with Crippen molar-refractivity contribution in [2.24, 2.45) is 0 Å². The van der Waals surface area contributed by atoms with Gasteiger partial charge in [-0.1, -0.05) is 6.07 Å². The molecular weight excluding hydrogens is 342 g/mol. The fourth-order valence-corrected chi connectivity index (χ4v) is 3.34. The first kappa shape index (κ1) is 19.2. The molecule has 5 nitrogen and oxygen atoms in total. The van der Waals surface area contributed by atoms with Crippen molar-refractivity contribution in [2.75, 3.05) is 26.8 Å². The lowest BCUT2D eigenvalue weighted by Gasteiger charge is -2.39. The molecule has 0 aromatic heterocycles. The van der Waals surface area contributed by atoms with Gasteiger partial charge in [-0.05, 0) is 74.2 Å². The minimum absolute atomic E-state index is 0.0815. The van der Waals surface area contributed by atoms with E-state index in [0.717, 1.165) is 17.7 Å². The van der Waals surface area contributed by atoms with Crippen LogP contribution in [0.4, 0.5) is 0 Å². The van der Waals surface area contributed by atoms with Gasteiger partial charge in [-0.2, -0.15) is 0 Å². The maximum atomic E-state index is 12.8. The number of carbonyl (C=O) groups excluding carboxylic acids is 1. The molecule has 0 radical (unpaired) electrons. The number of rotatable bonds is 5. The van der Waals surface area contributed by atoms with E-state index in [1.54, 1.807) is 36.3 Å². The largest absolute Gasteiger partial charge is 0.497 e. The summed E-state index contributed by atoms with van der Waals surface area (Å²) in [6.07, 6.45) is 1.36. The number of likely N-dealkylation sites (tertiary alicyclic amines) is 1. The number of hydrogen-bond acceptors (Lipinski definition) is 4. The smallest absolute Gasteiger partial charge is 0.253 e. The predicted octanol–water partition coefficient (Wildman–Crippen LogP) is 3.36. The van der Waals surface area contributed by atoms with Crippen LogP contribution in [-0.2, 0) is 0 Å². The topological polar surface area (TPSA) is 59.0 Å². The van der Waals surface area contributed by atoms with E-state index < -0.39 is 5.60 Å². The van der Waals surface area contributed by atoms with E-state index in [0.29, 0.717) is 24.3 Å². The number of β-amino-alcohol motifs (C(OH)–C–C–N with tert-alkyl or cyclic N) is 1. The van der Waals surface area contributed by atoms with E-state index in [9.17, 15) is 9.90 Å². The summed E-state index contributed by atoms with van der Waals surface area (Å²) in [5.41, 5.74) is 1.91. The summed E-state index contributed by atoms with van der Waals surface area (Å²) in [7, 11) is 1.59. The Bertz CT molecular complexity index is 802. The van der Waals surface area contributed by atoms with E-state index in [-0.39, 0.29) is 19.1 Å². The van der Waals surface area contributed by atoms with Crippen LogP contribution in [0.15, 0.2) is 42.5 Å². The summed E-state index contributed by atoms with van der Waals surface area (Å²) in [4.78, 5) is 14.5. The maximum Gasteiger partial charge on any atom is 0.253 e. The van der Waals surface area contributed by atoms with Crippen molar-refractivity contribution in [3.8, 4) is 11.5 Å². The molecular formula is C22H27NO4. The average molecular weight is 369 g/mol. The molecule has 0 bridgehead atoms. The molecule has 144 valence electrons. The first-order valence-corrected chi connectivity index (χ1v) is 9.26. The molecule has 1 amide bonds. The van der Waals surface area contributed by atoms with Crippen molar-refractivity contribution in [1.29, 1.82) is 0 Å². The highest BCUT2D eigenvalue weighted by Crippen LogP contribution is 2.25. The summed E-state index contributed by atoms with van der Waals surface area (Å²) in [5.74, 6) is 1.37. The molecule has 0 saturated carbocycles. The van der Waals surface area contributed by atoms with Crippen molar-refractivity contribution < 1.29 is 19.4 Å². The zero-order valence-corrected chi connectivity index (χ0v) is 16.2. The van der Waals surface area contributed by atoms with Crippen molar-refractivity contribution in [2.45, 2.75) is 32.3 Å². The van der Waals surface area contributed by atoms with Gasteiger partial charge in [-0.25, -0.2) is 0 Å². The first-order chi connectivity index (χ1) is 12.9. The van der Waals surface area contributed by atoms with Crippen molar-refractivity contribution in [1.82, 2.24) is 4.90 Å². The Morgan fingerprint density at radius 1 is 1.11 bits per heavy atom. The number of ether oxygens (including phenoxy) is 2. The van der Waals surface area contributed by atoms with Crippen molar-refractivity contribution in [3.05, 3.63) is 59.2 Å². The Balaban J connectivity index is 1.64. The van der Waals surface area contributed by atoms with Crippen LogP contribution in [0.1, 0.15) is 34.3 Å². The Hall–Kier alpha value is -2.53. The Labute approximate surface area is 160 Å². The lowest BCUT2D eigenvalue weighted by Crippen LogP contribution is -2.53. The molecule has 1 N–H and O–H groups in total. The average Bonchev–Trinajstić information content (AvgIpc) is 2.68. The van der Waals surface area contributed by atoms with Gasteiger partial charge in [0.1, 0.15) is 23.7 Å². The second-order valence-corrected chi connectivity index (χ2v) is 7.32. The van der Waals surface area contributed by atoms with Gasteiger partial charge < -0.3 is 19.5 Å². The maximum absolute atomic E-state index is 12.8. The van der Waals surface area contributed by atoms with Gasteiger partial charge >= 0.3 is 0 Å². The highest BCUT2D eigenvalue weighted by atomic mass is 16.5. The number of carbonyl (C=O) groups is 1. The minimum atomic E-state index is -1.04. The highest BCUT2D eigenvalue weighted by molar-refractivity contribution is 5.94. The number of methoxy groups -OCH3 is 1. The standard InChI is InChI=1S/C22H27NO4/c1-16-5-8-20(13-17(16)2)27-15-22(25)11-4-12-23(14-22)21(24)18-6-9-19(26-3)10-7-18/h5-10,13,25H,4,11-12,14-15H2,1-3H3. The fraction of sp³-hybridized carbons (Fsp3) is 0.409. The van der Waals surface area contributed by atoms with Crippen LogP contribution in [0.5, 0.6) is 11.5 Å². The van der Waals surface area contributed by atoms with Gasteiger partial charge in [0.05, 0.1) is 13.7 Å². The van der Waals surface area contributed by atoms with Crippen LogP contribution in [-0.4, -0.2) is 48.3 Å². The molecule has 0 spiro atoms. The van der Waals surface area contributed by atoms with Crippen LogP contribution in [0.3, 0.4) is 0 Å². The molecule has 1 unspecified atom stereocenters. The summed E-state index contributed by atoms with van der Waals surface area (Å²) >= 11 is 0. The number of benzene rings is 2. The molecule has 1 saturated heterocycles. The van der Waals surface area contributed by atoms with E-state index >= 15 is 0 Å². The molecule has 1 heterocycles. The highest BCUT2D eigenvalue weighted by Gasteiger charge is 2.36. The van der Waals surface area contributed by atoms with Crippen molar-refractivity contribution >= 4 is 5.91 Å². The molecule has 3 rings (SSSR count). The molecule has 1 atom stereocenters. The van der Waals surface area contributed by atoms with Gasteiger partial charge in [-0.15, -0.1) is 0 Å². The monoisotopic (exact) mass is 369 g/mol. The lowest BCUT2D eigenvalue weighted by molar-refractivity contribution is -0.0532. The molecule has 27 heavy (non-hydrogen) atoms. The molecule has 0 aliphatic carbocycles. The zero-order chi connectivity index (χ0) is 19.4. The molecule has 1 fully saturated rings. The van der Waals surface area contributed by atoms with Crippen LogP contribution in [0.2, 0.25) is 0 Å². The Morgan fingerprint density at radius 3 is 2.48 bits per heavy atom. The summed E-state index contributed by atoms with van der Waals surface area (Å²) in [6, 6.07) is 12.9. The van der Waals surface area contributed by atoms with Crippen LogP contribution in [0, 0.1) is 13.8 Å². The SMILES string of the molecule is COc1ccc(C(=O)N2CCCC(O)(COc3ccc(C)c(C)c3)C2)cc1. The molecule has 5 heteroatoms. The second-order valence-electron chi connectivity index (χ2n) is 7.32. The van der Waals surface area contributed by atoms with Crippen LogP contribution in [0.25, 0.3) is 0 Å². The molecule has 2 aromatic carbocycles. The summed E-state index contributed by atoms with van der Waals surface area (Å²) in [5, 5.41) is 11.0. The molecule has 1 aliphatic heterocycles. The van der Waals surface area contributed by atoms with E-state index in [4.69, 9.17) is 9.47 Å². The van der Waals surface area contributed by atoms with E-state index in [2.05, 4.69) is 6.92 Å². The number of nitrogens with zero attached hydrogens (tertiary/aromatic N) is 1. The summed E-state index contributed by atoms with van der Waals surface area (Å²) in [6.45, 7) is 5.16. The quantitative estimate of drug-likeness (QED) is 0.878. The number of amides is 1. The Morgan fingerprint density at radius 2 is 1.81 bits per heavy atom. The van der Waals surface area contributed by atoms with E-state index in [1.807, 2.05) is 25.1 Å². The normalized spacial score (nSPS) is 19.6. The predicted molar refractivity (Wildman–Crippen MR) is 104 cm³/mol. The summed E-state index contributed by atoms with van der Waals surface area (Å²) < 4.78 is 11.0. The third kappa shape index (κ3) is 4.61. The Kier molecular flexibility index (Phi) is 5.71. The first-order valence-electron chi connectivity index (χ1n) is 9.26. The third-order valence-corrected chi connectivity index (χ3v) is 5.17. The second kappa shape index (κ2) is 8.01. The van der Waals surface area contributed by atoms with Gasteiger partial charge in [0.2, 0.25) is 0 Å². The molecule has 1 aliphatic rings. The number of aryl methyl sites for hydroxylation is 2. The van der Waals surface area contributed by atoms with Gasteiger partial charge in [0, 0.05) is 12.1 Å². The van der Waals surface area contributed by atoms with Crippen LogP contribution >= 0.6 is 0 Å². The van der Waals surface area contributed by atoms with Gasteiger partial charge in [0.15, 0.2) is 0 Å². The molecule has 2 aromatic rings. The minimum Gasteiger partial charge on any atom is -0.497 e. The van der Waals surface area contributed by atoms with Gasteiger partial charge in [0.25, 0.3) is 5.91 Å². The lowest BCUT2D eigenvalue weighted by atomic mass is 9.93. The zero-order valence-electron chi connectivity index (χ0n) is 16.2.